The van der Waals surface area contributed by atoms with Gasteiger partial charge < -0.3 is 19.5 Å². The number of aliphatic hydroxyl groups is 1. The third-order valence-electron chi connectivity index (χ3n) is 6.97. The van der Waals surface area contributed by atoms with Crippen LogP contribution in [0.1, 0.15) is 57.8 Å². The second kappa shape index (κ2) is 7.81. The minimum Gasteiger partial charge on any atom is -0.388 e. The number of nitrogens with zero attached hydrogens (tertiary/aromatic N) is 2. The molecule has 0 bridgehead atoms. The molecular weight excluding hydrogens is 316 g/mol. The molecule has 4 aliphatic rings. The van der Waals surface area contributed by atoms with Crippen molar-refractivity contribution in [1.82, 2.24) is 9.80 Å². The van der Waals surface area contributed by atoms with Gasteiger partial charge in [-0.05, 0) is 38.5 Å². The Morgan fingerprint density at radius 1 is 0.840 bits per heavy atom. The van der Waals surface area contributed by atoms with E-state index in [4.69, 9.17) is 9.47 Å². The maximum absolute atomic E-state index is 11.0. The Kier molecular flexibility index (Phi) is 5.68. The van der Waals surface area contributed by atoms with Crippen LogP contribution in [0.3, 0.4) is 0 Å². The summed E-state index contributed by atoms with van der Waals surface area (Å²) in [6.45, 7) is 7.43. The van der Waals surface area contributed by atoms with Crippen molar-refractivity contribution in [3.8, 4) is 0 Å². The van der Waals surface area contributed by atoms with E-state index in [2.05, 4.69) is 9.80 Å². The smallest absolute Gasteiger partial charge is 0.0798 e. The van der Waals surface area contributed by atoms with Crippen LogP contribution in [0.5, 0.6) is 0 Å². The summed E-state index contributed by atoms with van der Waals surface area (Å²) in [5, 5.41) is 11.0. The Hall–Kier alpha value is -0.200. The number of hydrogen-bond donors (Lipinski definition) is 1. The molecule has 4 rings (SSSR count). The molecule has 1 spiro atoms. The highest BCUT2D eigenvalue weighted by molar-refractivity contribution is 4.94. The van der Waals surface area contributed by atoms with Crippen LogP contribution in [-0.2, 0) is 9.47 Å². The van der Waals surface area contributed by atoms with Crippen LogP contribution in [0.2, 0.25) is 0 Å². The number of likely N-dealkylation sites (tertiary alicyclic amines) is 1. The lowest BCUT2D eigenvalue weighted by Crippen LogP contribution is -2.53. The third kappa shape index (κ3) is 4.56. The van der Waals surface area contributed by atoms with E-state index in [1.165, 1.54) is 44.9 Å². The zero-order chi connectivity index (χ0) is 17.2. The fourth-order valence-corrected chi connectivity index (χ4v) is 5.36. The van der Waals surface area contributed by atoms with Gasteiger partial charge >= 0.3 is 0 Å². The van der Waals surface area contributed by atoms with Crippen molar-refractivity contribution < 1.29 is 14.6 Å². The molecule has 1 atom stereocenters. The van der Waals surface area contributed by atoms with Crippen LogP contribution in [-0.4, -0.2) is 84.7 Å². The van der Waals surface area contributed by atoms with E-state index < -0.39 is 5.60 Å². The lowest BCUT2D eigenvalue weighted by Gasteiger charge is -2.42. The highest BCUT2D eigenvalue weighted by Crippen LogP contribution is 2.42. The molecule has 5 nitrogen and oxygen atoms in total. The van der Waals surface area contributed by atoms with Crippen molar-refractivity contribution in [2.45, 2.75) is 75.1 Å². The summed E-state index contributed by atoms with van der Waals surface area (Å²) in [5.41, 5.74) is -0.273. The van der Waals surface area contributed by atoms with Crippen molar-refractivity contribution in [3.63, 3.8) is 0 Å². The van der Waals surface area contributed by atoms with Gasteiger partial charge in [-0.1, -0.05) is 19.3 Å². The number of hydrogen-bond acceptors (Lipinski definition) is 5. The Balaban J connectivity index is 1.21. The molecule has 1 aliphatic carbocycles. The number of morpholine rings is 1. The monoisotopic (exact) mass is 352 g/mol. The predicted octanol–water partition coefficient (Wildman–Crippen LogP) is 2.03. The summed E-state index contributed by atoms with van der Waals surface area (Å²) in [6.07, 6.45) is 11.4. The van der Waals surface area contributed by atoms with Gasteiger partial charge in [0.25, 0.3) is 0 Å². The molecule has 4 fully saturated rings. The van der Waals surface area contributed by atoms with Gasteiger partial charge in [-0.25, -0.2) is 0 Å². The fourth-order valence-electron chi connectivity index (χ4n) is 5.36. The van der Waals surface area contributed by atoms with E-state index in [1.807, 2.05) is 0 Å². The molecule has 5 heteroatoms. The van der Waals surface area contributed by atoms with Gasteiger partial charge in [0.2, 0.25) is 0 Å². The number of ether oxygens (including phenoxy) is 2. The molecule has 1 unspecified atom stereocenters. The minimum absolute atomic E-state index is 0.232. The first kappa shape index (κ1) is 18.2. The molecule has 1 saturated carbocycles. The highest BCUT2D eigenvalue weighted by Gasteiger charge is 2.42. The van der Waals surface area contributed by atoms with E-state index in [-0.39, 0.29) is 5.60 Å². The van der Waals surface area contributed by atoms with Crippen LogP contribution in [0, 0.1) is 0 Å². The second-order valence-electron chi connectivity index (χ2n) is 8.94. The van der Waals surface area contributed by atoms with Gasteiger partial charge in [-0.15, -0.1) is 0 Å². The van der Waals surface area contributed by atoms with Crippen LogP contribution >= 0.6 is 0 Å². The first-order valence-electron chi connectivity index (χ1n) is 10.6. The van der Waals surface area contributed by atoms with Crippen molar-refractivity contribution in [2.24, 2.45) is 0 Å². The largest absolute Gasteiger partial charge is 0.388 e. The maximum atomic E-state index is 11.0. The van der Waals surface area contributed by atoms with Crippen LogP contribution in [0.4, 0.5) is 0 Å². The molecule has 3 heterocycles. The van der Waals surface area contributed by atoms with Gasteiger partial charge in [-0.3, -0.25) is 4.90 Å². The van der Waals surface area contributed by atoms with E-state index in [0.717, 1.165) is 65.3 Å². The van der Waals surface area contributed by atoms with Gasteiger partial charge in [0.1, 0.15) is 0 Å². The number of piperidine rings is 1. The average Bonchev–Trinajstić information content (AvgIpc) is 3.00. The Labute approximate surface area is 152 Å². The summed E-state index contributed by atoms with van der Waals surface area (Å²) in [7, 11) is 0. The third-order valence-corrected chi connectivity index (χ3v) is 6.97. The first-order chi connectivity index (χ1) is 12.1. The second-order valence-corrected chi connectivity index (χ2v) is 8.94. The van der Waals surface area contributed by atoms with E-state index in [9.17, 15) is 5.11 Å². The fraction of sp³-hybridized carbons (Fsp3) is 1.00. The lowest BCUT2D eigenvalue weighted by atomic mass is 9.83. The van der Waals surface area contributed by atoms with E-state index in [0.29, 0.717) is 6.10 Å². The van der Waals surface area contributed by atoms with Crippen molar-refractivity contribution in [1.29, 1.82) is 0 Å². The lowest BCUT2D eigenvalue weighted by molar-refractivity contribution is -0.0892. The molecule has 0 radical (unpaired) electrons. The Morgan fingerprint density at radius 2 is 1.56 bits per heavy atom. The molecular formula is C20H36N2O3. The topological polar surface area (TPSA) is 45.2 Å². The Bertz CT molecular complexity index is 425. The normalized spacial score (nSPS) is 33.7. The summed E-state index contributed by atoms with van der Waals surface area (Å²) in [5.74, 6) is 0. The average molecular weight is 353 g/mol. The molecule has 25 heavy (non-hydrogen) atoms. The molecule has 0 amide bonds. The van der Waals surface area contributed by atoms with Gasteiger partial charge in [-0.2, -0.15) is 0 Å². The van der Waals surface area contributed by atoms with Gasteiger partial charge in [0.05, 0.1) is 30.5 Å². The quantitative estimate of drug-likeness (QED) is 0.839. The number of β-amino-alcohol motifs (C(OH)–C–C–N with tert-alkyl or cyclic N) is 1. The van der Waals surface area contributed by atoms with E-state index in [1.54, 1.807) is 0 Å². The van der Waals surface area contributed by atoms with Gasteiger partial charge in [0.15, 0.2) is 0 Å². The highest BCUT2D eigenvalue weighted by atomic mass is 16.5. The molecule has 0 aromatic rings. The number of rotatable bonds is 4. The maximum Gasteiger partial charge on any atom is 0.0798 e. The molecule has 144 valence electrons. The van der Waals surface area contributed by atoms with Gasteiger partial charge in [0, 0.05) is 39.3 Å². The Morgan fingerprint density at radius 3 is 2.28 bits per heavy atom. The summed E-state index contributed by atoms with van der Waals surface area (Å²) in [6, 6.07) is 0. The standard InChI is InChI=1S/C20H36N2O3/c23-19(17-22-12-14-24-15-13-22)8-10-21(11-9-19)16-18-4-7-20(25-18)5-2-1-3-6-20/h18,23H,1-17H2. The molecule has 0 aromatic carbocycles. The zero-order valence-electron chi connectivity index (χ0n) is 15.8. The van der Waals surface area contributed by atoms with Crippen LogP contribution in [0.15, 0.2) is 0 Å². The molecule has 3 saturated heterocycles. The summed E-state index contributed by atoms with van der Waals surface area (Å²) >= 11 is 0. The van der Waals surface area contributed by atoms with Crippen molar-refractivity contribution in [3.05, 3.63) is 0 Å². The molecule has 3 aliphatic heterocycles. The summed E-state index contributed by atoms with van der Waals surface area (Å²) < 4.78 is 12.0. The summed E-state index contributed by atoms with van der Waals surface area (Å²) in [4.78, 5) is 4.90. The first-order valence-corrected chi connectivity index (χ1v) is 10.6. The zero-order valence-corrected chi connectivity index (χ0v) is 15.8. The SMILES string of the molecule is OC1(CN2CCOCC2)CCN(CC2CCC3(CCCCC3)O2)CC1. The van der Waals surface area contributed by atoms with E-state index >= 15 is 0 Å². The van der Waals surface area contributed by atoms with Crippen LogP contribution in [0.25, 0.3) is 0 Å². The van der Waals surface area contributed by atoms with Crippen LogP contribution < -0.4 is 0 Å². The van der Waals surface area contributed by atoms with Crippen molar-refractivity contribution >= 4 is 0 Å². The molecule has 0 aromatic heterocycles. The van der Waals surface area contributed by atoms with Crippen molar-refractivity contribution in [2.75, 3.05) is 52.5 Å². The predicted molar refractivity (Wildman–Crippen MR) is 97.8 cm³/mol. The molecule has 1 N–H and O–H groups in total. The minimum atomic E-state index is -0.505.